The smallest absolute Gasteiger partial charge is 0.0449 e. The molecular weight excluding hydrogens is 254 g/mol. The zero-order valence-corrected chi connectivity index (χ0v) is 13.6. The predicted molar refractivity (Wildman–Crippen MR) is 92.2 cm³/mol. The van der Waals surface area contributed by atoms with Crippen LogP contribution >= 0.6 is 0 Å². The monoisotopic (exact) mass is 283 g/mol. The molecule has 0 unspecified atom stereocenters. The Hall–Kier alpha value is -1.50. The largest absolute Gasteiger partial charge is 0.324 e. The van der Waals surface area contributed by atoms with E-state index in [9.17, 15) is 0 Å². The predicted octanol–water partition coefficient (Wildman–Crippen LogP) is 6.33. The topological polar surface area (TPSA) is 4.93 Å². The van der Waals surface area contributed by atoms with Gasteiger partial charge in [0.25, 0.3) is 0 Å². The standard InChI is InChI=1S/C20H29N/c1-3-4-5-6-7-9-12-18(2)19-15-16-21(17-19)20-13-10-8-11-14-20/h8,10-11,13-18H,3-7,9,12H2,1-2H3/t18-/m1/s1. The quantitative estimate of drug-likeness (QED) is 0.474. The van der Waals surface area contributed by atoms with E-state index < -0.39 is 0 Å². The van der Waals surface area contributed by atoms with Crippen LogP contribution in [0.2, 0.25) is 0 Å². The SMILES string of the molecule is CCCCCCCC[C@@H](C)c1ccn(-c2ccccc2)c1. The second-order valence-electron chi connectivity index (χ2n) is 6.15. The molecule has 1 heteroatoms. The lowest BCUT2D eigenvalue weighted by molar-refractivity contribution is 0.557. The number of aromatic nitrogens is 1. The number of para-hydroxylation sites is 1. The summed E-state index contributed by atoms with van der Waals surface area (Å²) in [7, 11) is 0. The van der Waals surface area contributed by atoms with Crippen molar-refractivity contribution in [2.24, 2.45) is 0 Å². The van der Waals surface area contributed by atoms with Gasteiger partial charge in [-0.2, -0.15) is 0 Å². The van der Waals surface area contributed by atoms with Crippen LogP contribution in [0.15, 0.2) is 48.8 Å². The highest BCUT2D eigenvalue weighted by Crippen LogP contribution is 2.24. The molecule has 0 N–H and O–H groups in total. The minimum Gasteiger partial charge on any atom is -0.324 e. The molecule has 0 aliphatic carbocycles. The van der Waals surface area contributed by atoms with Gasteiger partial charge in [0.05, 0.1) is 0 Å². The van der Waals surface area contributed by atoms with E-state index in [1.807, 2.05) is 0 Å². The maximum Gasteiger partial charge on any atom is 0.0449 e. The third-order valence-corrected chi connectivity index (χ3v) is 4.33. The van der Waals surface area contributed by atoms with Crippen LogP contribution < -0.4 is 0 Å². The van der Waals surface area contributed by atoms with Crippen molar-refractivity contribution in [3.63, 3.8) is 0 Å². The summed E-state index contributed by atoms with van der Waals surface area (Å²) in [6, 6.07) is 12.8. The Morgan fingerprint density at radius 2 is 1.62 bits per heavy atom. The van der Waals surface area contributed by atoms with E-state index in [1.54, 1.807) is 0 Å². The molecule has 0 aliphatic rings. The molecule has 0 fully saturated rings. The van der Waals surface area contributed by atoms with Gasteiger partial charge in [0.15, 0.2) is 0 Å². The number of hydrogen-bond acceptors (Lipinski definition) is 0. The third kappa shape index (κ3) is 5.08. The molecule has 0 aliphatic heterocycles. The molecule has 21 heavy (non-hydrogen) atoms. The summed E-state index contributed by atoms with van der Waals surface area (Å²) >= 11 is 0. The van der Waals surface area contributed by atoms with Gasteiger partial charge in [-0.05, 0) is 36.1 Å². The second kappa shape index (κ2) is 8.71. The first kappa shape index (κ1) is 15.9. The minimum absolute atomic E-state index is 0.668. The zero-order chi connectivity index (χ0) is 14.9. The first-order valence-electron chi connectivity index (χ1n) is 8.54. The van der Waals surface area contributed by atoms with E-state index in [2.05, 4.69) is 67.2 Å². The summed E-state index contributed by atoms with van der Waals surface area (Å²) < 4.78 is 2.23. The molecule has 1 heterocycles. The van der Waals surface area contributed by atoms with Gasteiger partial charge in [0, 0.05) is 18.1 Å². The van der Waals surface area contributed by atoms with Crippen LogP contribution in [0.1, 0.15) is 70.3 Å². The Labute approximate surface area is 130 Å². The average molecular weight is 283 g/mol. The van der Waals surface area contributed by atoms with Crippen LogP contribution in [-0.4, -0.2) is 4.57 Å². The fourth-order valence-corrected chi connectivity index (χ4v) is 2.86. The van der Waals surface area contributed by atoms with Gasteiger partial charge in [0.1, 0.15) is 0 Å². The summed E-state index contributed by atoms with van der Waals surface area (Å²) in [4.78, 5) is 0. The summed E-state index contributed by atoms with van der Waals surface area (Å²) in [5, 5.41) is 0. The maximum absolute atomic E-state index is 2.36. The molecule has 0 saturated heterocycles. The molecule has 0 amide bonds. The van der Waals surface area contributed by atoms with Crippen LogP contribution in [0, 0.1) is 0 Å². The highest BCUT2D eigenvalue weighted by molar-refractivity contribution is 5.34. The van der Waals surface area contributed by atoms with Gasteiger partial charge in [-0.25, -0.2) is 0 Å². The van der Waals surface area contributed by atoms with Crippen LogP contribution in [0.25, 0.3) is 5.69 Å². The van der Waals surface area contributed by atoms with Crippen molar-refractivity contribution in [1.29, 1.82) is 0 Å². The summed E-state index contributed by atoms with van der Waals surface area (Å²) in [5.41, 5.74) is 2.71. The number of hydrogen-bond donors (Lipinski definition) is 0. The summed E-state index contributed by atoms with van der Waals surface area (Å²) in [5.74, 6) is 0.668. The summed E-state index contributed by atoms with van der Waals surface area (Å²) in [6.45, 7) is 4.64. The van der Waals surface area contributed by atoms with Gasteiger partial charge in [0.2, 0.25) is 0 Å². The van der Waals surface area contributed by atoms with Crippen LogP contribution in [0.3, 0.4) is 0 Å². The van der Waals surface area contributed by atoms with Crippen LogP contribution in [0.4, 0.5) is 0 Å². The molecule has 1 nitrogen and oxygen atoms in total. The van der Waals surface area contributed by atoms with E-state index in [1.165, 1.54) is 56.2 Å². The first-order valence-corrected chi connectivity index (χ1v) is 8.54. The van der Waals surface area contributed by atoms with Gasteiger partial charge in [-0.15, -0.1) is 0 Å². The fraction of sp³-hybridized carbons (Fsp3) is 0.500. The number of rotatable bonds is 9. The molecule has 114 valence electrons. The molecule has 2 aromatic rings. The lowest BCUT2D eigenvalue weighted by Crippen LogP contribution is -1.93. The van der Waals surface area contributed by atoms with Gasteiger partial charge in [-0.3, -0.25) is 0 Å². The number of unbranched alkanes of at least 4 members (excludes halogenated alkanes) is 5. The van der Waals surface area contributed by atoms with E-state index in [4.69, 9.17) is 0 Å². The number of nitrogens with zero attached hydrogens (tertiary/aromatic N) is 1. The summed E-state index contributed by atoms with van der Waals surface area (Å²) in [6.07, 6.45) is 14.1. The molecular formula is C20H29N. The van der Waals surface area contributed by atoms with Crippen molar-refractivity contribution < 1.29 is 0 Å². The molecule has 1 atom stereocenters. The van der Waals surface area contributed by atoms with Crippen molar-refractivity contribution in [3.8, 4) is 5.69 Å². The minimum atomic E-state index is 0.668. The van der Waals surface area contributed by atoms with Gasteiger partial charge in [-0.1, -0.05) is 70.6 Å². The lowest BCUT2D eigenvalue weighted by atomic mass is 9.97. The normalized spacial score (nSPS) is 12.5. The Balaban J connectivity index is 1.78. The van der Waals surface area contributed by atoms with E-state index in [0.29, 0.717) is 5.92 Å². The van der Waals surface area contributed by atoms with Crippen LogP contribution in [0.5, 0.6) is 0 Å². The molecule has 0 bridgehead atoms. The van der Waals surface area contributed by atoms with Gasteiger partial charge >= 0.3 is 0 Å². The highest BCUT2D eigenvalue weighted by Gasteiger charge is 2.07. The van der Waals surface area contributed by atoms with Crippen molar-refractivity contribution in [2.75, 3.05) is 0 Å². The third-order valence-electron chi connectivity index (χ3n) is 4.33. The van der Waals surface area contributed by atoms with E-state index in [0.717, 1.165) is 0 Å². The first-order chi connectivity index (χ1) is 10.3. The van der Waals surface area contributed by atoms with E-state index in [-0.39, 0.29) is 0 Å². The Morgan fingerprint density at radius 3 is 2.38 bits per heavy atom. The van der Waals surface area contributed by atoms with E-state index >= 15 is 0 Å². The Morgan fingerprint density at radius 1 is 0.905 bits per heavy atom. The van der Waals surface area contributed by atoms with Crippen molar-refractivity contribution >= 4 is 0 Å². The zero-order valence-electron chi connectivity index (χ0n) is 13.6. The molecule has 0 radical (unpaired) electrons. The number of benzene rings is 1. The van der Waals surface area contributed by atoms with Gasteiger partial charge < -0.3 is 4.57 Å². The fourth-order valence-electron chi connectivity index (χ4n) is 2.86. The molecule has 1 aromatic carbocycles. The molecule has 0 spiro atoms. The highest BCUT2D eigenvalue weighted by atomic mass is 14.9. The molecule has 0 saturated carbocycles. The average Bonchev–Trinajstić information content (AvgIpc) is 3.01. The second-order valence-corrected chi connectivity index (χ2v) is 6.15. The van der Waals surface area contributed by atoms with Crippen molar-refractivity contribution in [1.82, 2.24) is 4.57 Å². The molecule has 1 aromatic heterocycles. The Bertz CT molecular complexity index is 498. The van der Waals surface area contributed by atoms with Crippen LogP contribution in [-0.2, 0) is 0 Å². The van der Waals surface area contributed by atoms with Crippen molar-refractivity contribution in [3.05, 3.63) is 54.4 Å². The maximum atomic E-state index is 2.36. The van der Waals surface area contributed by atoms with Crippen molar-refractivity contribution in [2.45, 2.75) is 64.7 Å². The molecule has 2 rings (SSSR count). The Kier molecular flexibility index (Phi) is 6.59. The lowest BCUT2D eigenvalue weighted by Gasteiger charge is -2.09.